The second-order valence-electron chi connectivity index (χ2n) is 5.14. The fourth-order valence-electron chi connectivity index (χ4n) is 2.28. The van der Waals surface area contributed by atoms with Gasteiger partial charge in [-0.2, -0.15) is 13.2 Å². The molecule has 0 spiro atoms. The van der Waals surface area contributed by atoms with Crippen LogP contribution in [0.4, 0.5) is 13.2 Å². The minimum atomic E-state index is -4.43. The highest BCUT2D eigenvalue weighted by Gasteiger charge is 2.43. The Morgan fingerprint density at radius 2 is 1.79 bits per heavy atom. The molecular formula is C12H23F3N4. The second-order valence-corrected chi connectivity index (χ2v) is 5.14. The van der Waals surface area contributed by atoms with Crippen molar-refractivity contribution in [2.45, 2.75) is 32.5 Å². The molecule has 0 aromatic carbocycles. The van der Waals surface area contributed by atoms with Crippen LogP contribution in [-0.4, -0.2) is 60.6 Å². The van der Waals surface area contributed by atoms with Gasteiger partial charge < -0.3 is 5.73 Å². The van der Waals surface area contributed by atoms with E-state index in [0.29, 0.717) is 19.1 Å². The van der Waals surface area contributed by atoms with Crippen molar-refractivity contribution in [2.75, 3.05) is 32.7 Å². The van der Waals surface area contributed by atoms with Gasteiger partial charge >= 0.3 is 6.18 Å². The maximum absolute atomic E-state index is 12.7. The van der Waals surface area contributed by atoms with Crippen molar-refractivity contribution in [2.24, 2.45) is 11.7 Å². The number of nitrogens with two attached hydrogens (primary N) is 1. The first-order valence-corrected chi connectivity index (χ1v) is 6.62. The lowest BCUT2D eigenvalue weighted by Gasteiger charge is -2.39. The Balaban J connectivity index is 2.50. The fraction of sp³-hybridized carbons (Fsp3) is 0.917. The van der Waals surface area contributed by atoms with Gasteiger partial charge in [0.1, 0.15) is 11.8 Å². The summed E-state index contributed by atoms with van der Waals surface area (Å²) in [6, 6.07) is 0.466. The first-order chi connectivity index (χ1) is 8.75. The van der Waals surface area contributed by atoms with Crippen LogP contribution in [0.25, 0.3) is 0 Å². The molecule has 7 heteroatoms. The molecule has 1 heterocycles. The highest BCUT2D eigenvalue weighted by molar-refractivity contribution is 5.80. The van der Waals surface area contributed by atoms with Crippen molar-refractivity contribution in [3.63, 3.8) is 0 Å². The molecule has 0 bridgehead atoms. The Morgan fingerprint density at radius 1 is 1.26 bits per heavy atom. The highest BCUT2D eigenvalue weighted by atomic mass is 19.4. The second kappa shape index (κ2) is 6.56. The first-order valence-electron chi connectivity index (χ1n) is 6.62. The zero-order chi connectivity index (χ0) is 14.6. The lowest BCUT2D eigenvalue weighted by Crippen LogP contribution is -2.53. The van der Waals surface area contributed by atoms with Crippen LogP contribution in [0.5, 0.6) is 0 Å². The van der Waals surface area contributed by atoms with Crippen molar-refractivity contribution >= 4 is 5.84 Å². The minimum absolute atomic E-state index is 0.201. The van der Waals surface area contributed by atoms with E-state index in [1.807, 2.05) is 0 Å². The Hall–Kier alpha value is -0.820. The molecule has 1 aliphatic rings. The van der Waals surface area contributed by atoms with E-state index in [1.165, 1.54) is 0 Å². The maximum Gasteiger partial charge on any atom is 0.399 e. The Labute approximate surface area is 112 Å². The van der Waals surface area contributed by atoms with Crippen LogP contribution < -0.4 is 5.73 Å². The molecule has 0 aliphatic carbocycles. The van der Waals surface area contributed by atoms with Crippen LogP contribution in [0.1, 0.15) is 20.3 Å². The normalized spacial score (nSPS) is 22.2. The standard InChI is InChI=1S/C12H23F3N4/c1-3-9(2)19-6-4-18(5-7-19)8-10(11(16)17)12(13,14)15/h9-10H,3-8H2,1-2H3,(H3,16,17). The lowest BCUT2D eigenvalue weighted by molar-refractivity contribution is -0.161. The smallest absolute Gasteiger partial charge is 0.387 e. The predicted molar refractivity (Wildman–Crippen MR) is 69.2 cm³/mol. The molecular weight excluding hydrogens is 257 g/mol. The molecule has 19 heavy (non-hydrogen) atoms. The van der Waals surface area contributed by atoms with Crippen LogP contribution in [0.3, 0.4) is 0 Å². The van der Waals surface area contributed by atoms with Gasteiger partial charge in [-0.1, -0.05) is 6.92 Å². The number of rotatable bonds is 5. The SMILES string of the molecule is CCC(C)N1CCN(CC(C(=N)N)C(F)(F)F)CC1. The van der Waals surface area contributed by atoms with Crippen molar-refractivity contribution in [1.29, 1.82) is 5.41 Å². The number of amidine groups is 1. The molecule has 1 saturated heterocycles. The van der Waals surface area contributed by atoms with Crippen LogP contribution in [0, 0.1) is 11.3 Å². The van der Waals surface area contributed by atoms with Crippen LogP contribution >= 0.6 is 0 Å². The first kappa shape index (κ1) is 16.2. The molecule has 0 saturated carbocycles. The number of piperazine rings is 1. The summed E-state index contributed by atoms with van der Waals surface area (Å²) in [6.07, 6.45) is -3.39. The molecule has 4 nitrogen and oxygen atoms in total. The van der Waals surface area contributed by atoms with Gasteiger partial charge in [-0.3, -0.25) is 15.2 Å². The number of alkyl halides is 3. The summed E-state index contributed by atoms with van der Waals surface area (Å²) in [7, 11) is 0. The molecule has 0 amide bonds. The summed E-state index contributed by atoms with van der Waals surface area (Å²) in [6.45, 7) is 6.78. The predicted octanol–water partition coefficient (Wildman–Crippen LogP) is 1.52. The topological polar surface area (TPSA) is 56.4 Å². The summed E-state index contributed by atoms with van der Waals surface area (Å²) in [4.78, 5) is 4.03. The van der Waals surface area contributed by atoms with E-state index < -0.39 is 17.9 Å². The fourth-order valence-corrected chi connectivity index (χ4v) is 2.28. The number of hydrogen-bond donors (Lipinski definition) is 2. The molecule has 1 fully saturated rings. The largest absolute Gasteiger partial charge is 0.399 e. The van der Waals surface area contributed by atoms with E-state index in [1.54, 1.807) is 4.90 Å². The molecule has 3 N–H and O–H groups in total. The van der Waals surface area contributed by atoms with Gasteiger partial charge in [0, 0.05) is 38.8 Å². The van der Waals surface area contributed by atoms with Gasteiger partial charge in [-0.05, 0) is 13.3 Å². The molecule has 1 aliphatic heterocycles. The summed E-state index contributed by atoms with van der Waals surface area (Å²) in [5, 5.41) is 7.08. The third-order valence-electron chi connectivity index (χ3n) is 3.83. The number of halogens is 3. The van der Waals surface area contributed by atoms with Crippen molar-refractivity contribution < 1.29 is 13.2 Å². The number of hydrogen-bond acceptors (Lipinski definition) is 3. The van der Waals surface area contributed by atoms with Crippen molar-refractivity contribution in [3.8, 4) is 0 Å². The molecule has 2 atom stereocenters. The van der Waals surface area contributed by atoms with E-state index in [-0.39, 0.29) is 6.54 Å². The quantitative estimate of drug-likeness (QED) is 0.593. The maximum atomic E-state index is 12.7. The third kappa shape index (κ3) is 4.65. The minimum Gasteiger partial charge on any atom is -0.387 e. The Bertz CT molecular complexity index is 298. The zero-order valence-electron chi connectivity index (χ0n) is 11.5. The molecule has 0 radical (unpaired) electrons. The highest BCUT2D eigenvalue weighted by Crippen LogP contribution is 2.27. The van der Waals surface area contributed by atoms with Crippen molar-refractivity contribution in [1.82, 2.24) is 9.80 Å². The van der Waals surface area contributed by atoms with Crippen LogP contribution in [0.2, 0.25) is 0 Å². The Kier molecular flexibility index (Phi) is 5.61. The number of nitrogens with zero attached hydrogens (tertiary/aromatic N) is 2. The average Bonchev–Trinajstić information content (AvgIpc) is 2.34. The van der Waals surface area contributed by atoms with Gasteiger partial charge in [-0.15, -0.1) is 0 Å². The van der Waals surface area contributed by atoms with Gasteiger partial charge in [0.2, 0.25) is 0 Å². The molecule has 112 valence electrons. The molecule has 0 aromatic rings. The summed E-state index contributed by atoms with van der Waals surface area (Å²) < 4.78 is 38.2. The Morgan fingerprint density at radius 3 is 2.16 bits per heavy atom. The summed E-state index contributed by atoms with van der Waals surface area (Å²) in [5.74, 6) is -2.64. The van der Waals surface area contributed by atoms with E-state index in [2.05, 4.69) is 18.7 Å². The average molecular weight is 280 g/mol. The van der Waals surface area contributed by atoms with E-state index in [4.69, 9.17) is 11.1 Å². The zero-order valence-corrected chi connectivity index (χ0v) is 11.5. The van der Waals surface area contributed by atoms with Gasteiger partial charge in [0.05, 0.1) is 0 Å². The van der Waals surface area contributed by atoms with E-state index >= 15 is 0 Å². The summed E-state index contributed by atoms with van der Waals surface area (Å²) in [5.41, 5.74) is 5.06. The van der Waals surface area contributed by atoms with E-state index in [9.17, 15) is 13.2 Å². The summed E-state index contributed by atoms with van der Waals surface area (Å²) >= 11 is 0. The van der Waals surface area contributed by atoms with Crippen LogP contribution in [0.15, 0.2) is 0 Å². The van der Waals surface area contributed by atoms with Crippen molar-refractivity contribution in [3.05, 3.63) is 0 Å². The number of nitrogens with one attached hydrogen (secondary N) is 1. The third-order valence-corrected chi connectivity index (χ3v) is 3.83. The molecule has 2 unspecified atom stereocenters. The van der Waals surface area contributed by atoms with Gasteiger partial charge in [0.25, 0.3) is 0 Å². The monoisotopic (exact) mass is 280 g/mol. The van der Waals surface area contributed by atoms with E-state index in [0.717, 1.165) is 19.5 Å². The molecule has 0 aromatic heterocycles. The van der Waals surface area contributed by atoms with Gasteiger partial charge in [-0.25, -0.2) is 0 Å². The molecule has 1 rings (SSSR count). The van der Waals surface area contributed by atoms with Gasteiger partial charge in [0.15, 0.2) is 0 Å². The van der Waals surface area contributed by atoms with Crippen LogP contribution in [-0.2, 0) is 0 Å². The lowest BCUT2D eigenvalue weighted by atomic mass is 10.1.